The molecule has 0 saturated heterocycles. The third-order valence-corrected chi connectivity index (χ3v) is 6.33. The van der Waals surface area contributed by atoms with Crippen LogP contribution in [0.5, 0.6) is 0 Å². The molecule has 1 aliphatic carbocycles. The Bertz CT molecular complexity index is 1180. The first-order valence-electron chi connectivity index (χ1n) is 8.23. The molecule has 4 rings (SSSR count). The van der Waals surface area contributed by atoms with E-state index < -0.39 is 5.78 Å². The van der Waals surface area contributed by atoms with E-state index in [-0.39, 0.29) is 37.5 Å². The number of ketones is 1. The van der Waals surface area contributed by atoms with Gasteiger partial charge in [-0.3, -0.25) is 4.79 Å². The van der Waals surface area contributed by atoms with Crippen molar-refractivity contribution in [1.29, 1.82) is 0 Å². The zero-order valence-electron chi connectivity index (χ0n) is 14.5. The van der Waals surface area contributed by atoms with Gasteiger partial charge in [0.25, 0.3) is 0 Å². The number of fused-ring (bicyclic) bond motifs is 2. The van der Waals surface area contributed by atoms with Gasteiger partial charge in [-0.25, -0.2) is 0 Å². The molecule has 2 N–H and O–H groups in total. The van der Waals surface area contributed by atoms with E-state index in [0.717, 1.165) is 16.5 Å². The lowest BCUT2D eigenvalue weighted by Crippen LogP contribution is -2.01. The van der Waals surface area contributed by atoms with Crippen molar-refractivity contribution < 1.29 is 9.90 Å². The fourth-order valence-electron chi connectivity index (χ4n) is 3.48. The summed E-state index contributed by atoms with van der Waals surface area (Å²) in [6.45, 7) is 1.70. The van der Waals surface area contributed by atoms with Crippen molar-refractivity contribution in [3.05, 3.63) is 73.7 Å². The predicted molar refractivity (Wildman–Crippen MR) is 113 cm³/mol. The molecule has 0 aliphatic heterocycles. The smallest absolute Gasteiger partial charge is 0.199 e. The number of Topliss-reactive ketones (excluding diaryl/α,β-unsaturated/α-hetero) is 1. The van der Waals surface area contributed by atoms with Gasteiger partial charge in [-0.05, 0) is 35.6 Å². The van der Waals surface area contributed by atoms with Gasteiger partial charge in [-0.1, -0.05) is 59.1 Å². The maximum absolute atomic E-state index is 13.1. The van der Waals surface area contributed by atoms with Crippen LogP contribution >= 0.6 is 34.8 Å². The molecule has 0 aromatic heterocycles. The molecule has 0 spiro atoms. The largest absolute Gasteiger partial charge is 0.506 e. The molecule has 27 heavy (non-hydrogen) atoms. The normalized spacial score (nSPS) is 13.4. The second-order valence-corrected chi connectivity index (χ2v) is 7.50. The van der Waals surface area contributed by atoms with Gasteiger partial charge in [0, 0.05) is 23.7 Å². The minimum atomic E-state index is -0.391. The van der Waals surface area contributed by atoms with E-state index in [1.807, 2.05) is 37.4 Å². The van der Waals surface area contributed by atoms with E-state index in [2.05, 4.69) is 5.32 Å². The Labute approximate surface area is 171 Å². The van der Waals surface area contributed by atoms with Gasteiger partial charge in [-0.15, -0.1) is 0 Å². The average molecular weight is 419 g/mol. The second-order valence-electron chi connectivity index (χ2n) is 6.36. The summed E-state index contributed by atoms with van der Waals surface area (Å²) in [4.78, 5) is 13.1. The van der Waals surface area contributed by atoms with Crippen LogP contribution in [0.25, 0.3) is 22.1 Å². The Morgan fingerprint density at radius 3 is 2.41 bits per heavy atom. The molecule has 136 valence electrons. The lowest BCUT2D eigenvalue weighted by molar-refractivity contribution is 0.105. The predicted octanol–water partition coefficient (Wildman–Crippen LogP) is 6.77. The van der Waals surface area contributed by atoms with Crippen LogP contribution in [0.4, 0.5) is 5.69 Å². The van der Waals surface area contributed by atoms with E-state index in [4.69, 9.17) is 34.8 Å². The zero-order valence-corrected chi connectivity index (χ0v) is 16.7. The summed E-state index contributed by atoms with van der Waals surface area (Å²) in [5.74, 6) is -0.569. The Morgan fingerprint density at radius 2 is 1.70 bits per heavy atom. The van der Waals surface area contributed by atoms with Crippen molar-refractivity contribution in [3.63, 3.8) is 0 Å². The van der Waals surface area contributed by atoms with Crippen molar-refractivity contribution in [1.82, 2.24) is 0 Å². The minimum absolute atomic E-state index is 0.108. The second kappa shape index (κ2) is 6.45. The molecule has 1 aliphatic rings. The fourth-order valence-corrected chi connectivity index (χ4v) is 4.32. The molecule has 3 nitrogen and oxygen atoms in total. The third-order valence-electron chi connectivity index (χ3n) is 4.91. The molecule has 6 heteroatoms. The fraction of sp³-hybridized carbons (Fsp3) is 0.0952. The molecular formula is C21H14Cl3NO2. The molecule has 0 unspecified atom stereocenters. The number of nitrogens with one attached hydrogen (secondary N) is 1. The number of rotatable bonds is 2. The standard InChI is InChI=1S/C21H14Cl3NO2/c1-9-17(22)15-16(19(24)18(9)23)21(27)14(20(15)26)11-7-6-10-4-3-5-13(25-2)12(10)8-11/h3-8,25-26H,1-2H3. The van der Waals surface area contributed by atoms with E-state index in [1.54, 1.807) is 13.0 Å². The molecule has 3 aromatic carbocycles. The summed E-state index contributed by atoms with van der Waals surface area (Å²) in [5.41, 5.74) is 2.59. The van der Waals surface area contributed by atoms with Crippen molar-refractivity contribution in [2.75, 3.05) is 12.4 Å². The number of hydrogen-bond acceptors (Lipinski definition) is 3. The van der Waals surface area contributed by atoms with Crippen LogP contribution in [-0.2, 0) is 0 Å². The first-order chi connectivity index (χ1) is 12.9. The highest BCUT2D eigenvalue weighted by Gasteiger charge is 2.36. The summed E-state index contributed by atoms with van der Waals surface area (Å²) in [7, 11) is 1.83. The van der Waals surface area contributed by atoms with Crippen molar-refractivity contribution >= 4 is 68.4 Å². The molecule has 0 amide bonds. The van der Waals surface area contributed by atoms with Crippen LogP contribution in [0.2, 0.25) is 15.1 Å². The zero-order chi connectivity index (χ0) is 19.5. The van der Waals surface area contributed by atoms with Crippen molar-refractivity contribution in [3.8, 4) is 0 Å². The van der Waals surface area contributed by atoms with Gasteiger partial charge >= 0.3 is 0 Å². The van der Waals surface area contributed by atoms with E-state index in [0.29, 0.717) is 11.1 Å². The number of carbonyl (C=O) groups excluding carboxylic acids is 1. The van der Waals surface area contributed by atoms with Gasteiger partial charge in [0.15, 0.2) is 5.78 Å². The number of benzene rings is 3. The highest BCUT2D eigenvalue weighted by Crippen LogP contribution is 2.48. The molecule has 0 fully saturated rings. The lowest BCUT2D eigenvalue weighted by atomic mass is 9.98. The van der Waals surface area contributed by atoms with Gasteiger partial charge < -0.3 is 10.4 Å². The van der Waals surface area contributed by atoms with Crippen LogP contribution in [0.1, 0.15) is 27.0 Å². The van der Waals surface area contributed by atoms with Crippen LogP contribution in [0.15, 0.2) is 36.4 Å². The first kappa shape index (κ1) is 18.2. The number of aliphatic hydroxyl groups is 1. The van der Waals surface area contributed by atoms with Gasteiger partial charge in [0.05, 0.1) is 26.2 Å². The van der Waals surface area contributed by atoms with Gasteiger partial charge in [0.2, 0.25) is 0 Å². The highest BCUT2D eigenvalue weighted by molar-refractivity contribution is 6.51. The Kier molecular flexibility index (Phi) is 4.34. The lowest BCUT2D eigenvalue weighted by Gasteiger charge is -2.10. The monoisotopic (exact) mass is 417 g/mol. The maximum Gasteiger partial charge on any atom is 0.199 e. The molecule has 0 radical (unpaired) electrons. The molecular weight excluding hydrogens is 405 g/mol. The molecule has 0 bridgehead atoms. The Morgan fingerprint density at radius 1 is 0.963 bits per heavy atom. The van der Waals surface area contributed by atoms with Crippen LogP contribution in [0.3, 0.4) is 0 Å². The number of carbonyl (C=O) groups is 1. The Balaban J connectivity index is 1.99. The summed E-state index contributed by atoms with van der Waals surface area (Å²) in [6.07, 6.45) is 0. The number of aliphatic hydroxyl groups excluding tert-OH is 1. The summed E-state index contributed by atoms with van der Waals surface area (Å²) in [5, 5.41) is 16.5. The maximum atomic E-state index is 13.1. The van der Waals surface area contributed by atoms with Crippen LogP contribution in [-0.4, -0.2) is 17.9 Å². The van der Waals surface area contributed by atoms with Gasteiger partial charge in [0.1, 0.15) is 5.76 Å². The van der Waals surface area contributed by atoms with E-state index >= 15 is 0 Å². The SMILES string of the molecule is CNc1cccc2ccc(C3=C(O)c4c(Cl)c(C)c(Cl)c(Cl)c4C3=O)cc12. The number of hydrogen-bond donors (Lipinski definition) is 2. The van der Waals surface area contributed by atoms with Crippen LogP contribution in [0, 0.1) is 6.92 Å². The molecule has 3 aromatic rings. The molecule has 0 saturated carbocycles. The van der Waals surface area contributed by atoms with Gasteiger partial charge in [-0.2, -0.15) is 0 Å². The van der Waals surface area contributed by atoms with E-state index in [1.165, 1.54) is 0 Å². The summed E-state index contributed by atoms with van der Waals surface area (Å²) >= 11 is 18.9. The van der Waals surface area contributed by atoms with E-state index in [9.17, 15) is 9.90 Å². The van der Waals surface area contributed by atoms with Crippen molar-refractivity contribution in [2.24, 2.45) is 0 Å². The van der Waals surface area contributed by atoms with Crippen LogP contribution < -0.4 is 5.32 Å². The molecule has 0 atom stereocenters. The Hall–Kier alpha value is -2.20. The quantitative estimate of drug-likeness (QED) is 0.451. The minimum Gasteiger partial charge on any atom is -0.506 e. The third kappa shape index (κ3) is 2.53. The average Bonchev–Trinajstić information content (AvgIpc) is 2.94. The highest BCUT2D eigenvalue weighted by atomic mass is 35.5. The number of halogens is 3. The number of anilines is 1. The summed E-state index contributed by atoms with van der Waals surface area (Å²) in [6, 6.07) is 11.5. The first-order valence-corrected chi connectivity index (χ1v) is 9.36. The topological polar surface area (TPSA) is 49.3 Å². The van der Waals surface area contributed by atoms with Crippen molar-refractivity contribution in [2.45, 2.75) is 6.92 Å². The summed E-state index contributed by atoms with van der Waals surface area (Å²) < 4.78 is 0. The molecule has 0 heterocycles. The number of allylic oxidation sites excluding steroid dienone is 1.